The van der Waals surface area contributed by atoms with Gasteiger partial charge >= 0.3 is 5.69 Å². The van der Waals surface area contributed by atoms with Gasteiger partial charge in [0.15, 0.2) is 10.7 Å². The quantitative estimate of drug-likeness (QED) is 0.0738. The molecule has 1 amide bonds. The Hall–Kier alpha value is -5.82. The second kappa shape index (κ2) is 17.9. The molecule has 4 fully saturated rings. The van der Waals surface area contributed by atoms with Crippen LogP contribution in [0.25, 0.3) is 11.0 Å². The van der Waals surface area contributed by atoms with E-state index in [1.807, 2.05) is 6.07 Å². The number of ether oxygens (including phenoxy) is 2. The van der Waals surface area contributed by atoms with E-state index in [4.69, 9.17) is 9.47 Å². The van der Waals surface area contributed by atoms with E-state index in [0.29, 0.717) is 55.1 Å². The van der Waals surface area contributed by atoms with Crippen molar-refractivity contribution in [3.05, 3.63) is 99.9 Å². The van der Waals surface area contributed by atoms with Crippen LogP contribution in [0, 0.1) is 21.4 Å². The molecule has 4 N–H and O–H groups in total. The van der Waals surface area contributed by atoms with Crippen molar-refractivity contribution in [2.45, 2.75) is 107 Å². The molecule has 2 aromatic carbocycles. The van der Waals surface area contributed by atoms with Gasteiger partial charge in [0.1, 0.15) is 23.8 Å². The van der Waals surface area contributed by atoms with Crippen LogP contribution in [0.5, 0.6) is 17.4 Å². The van der Waals surface area contributed by atoms with Crippen molar-refractivity contribution in [3.63, 3.8) is 0 Å². The Morgan fingerprint density at radius 2 is 1.79 bits per heavy atom. The molecule has 3 aromatic heterocycles. The number of likely N-dealkylation sites (N-methyl/N-ethyl adjacent to an activating group) is 1. The lowest BCUT2D eigenvalue weighted by Crippen LogP contribution is -2.59. The number of pyridine rings is 2. The van der Waals surface area contributed by atoms with E-state index in [9.17, 15) is 28.4 Å². The van der Waals surface area contributed by atoms with E-state index in [1.165, 1.54) is 30.2 Å². The molecular weight excluding hydrogens is 887 g/mol. The standard InChI is InChI=1S/C50H61N9O8S/c1-31(2)37-7-5-6-8-38(37)42-29-56(4)21-22-58(42)35-26-50(27-35)16-19-57(20-17-50)34-9-10-39(43(24-34)67-36-23-33-13-18-51-46(33)52-28-36)47(60)55-68(64,65)44-25-41(59(62)63)45-48(54-44)66-30-40(53-45)32-11-14-49(3,61)15-12-32/h5-10,13,18,23-25,28,31-32,35,40,42,53,61H,11-12,14-17,19-22,26-27,29-30H2,1-4H3,(H,51,52)(H,55,60)/t32-,40-,42-,49-/m1/s1. The summed E-state index contributed by atoms with van der Waals surface area (Å²) in [6.07, 6.45) is 10.2. The van der Waals surface area contributed by atoms with Gasteiger partial charge in [-0.15, -0.1) is 0 Å². The number of anilines is 2. The SMILES string of the molecule is CC(C)c1ccccc1[C@H]1CN(C)CCN1C1CC2(CCN(c3ccc(C(=O)NS(=O)(=O)c4cc([N+](=O)[O-])c5c(n4)OC[C@H]([C@H]4CC[C@](C)(O)CC4)N5)c(Oc4cnc5[nH]ccc5c4)c3)CC2)C1. The third kappa shape index (κ3) is 9.10. The van der Waals surface area contributed by atoms with Gasteiger partial charge in [0, 0.05) is 68.1 Å². The number of aromatic nitrogens is 3. The summed E-state index contributed by atoms with van der Waals surface area (Å²) in [5.41, 5.74) is 3.23. The molecule has 18 heteroatoms. The van der Waals surface area contributed by atoms with Gasteiger partial charge in [-0.1, -0.05) is 38.1 Å². The topological polar surface area (TPSA) is 208 Å². The van der Waals surface area contributed by atoms with Crippen LogP contribution in [0.1, 0.15) is 106 Å². The molecule has 360 valence electrons. The maximum absolute atomic E-state index is 14.1. The van der Waals surface area contributed by atoms with E-state index < -0.39 is 37.2 Å². The van der Waals surface area contributed by atoms with Gasteiger partial charge in [0.2, 0.25) is 5.88 Å². The summed E-state index contributed by atoms with van der Waals surface area (Å²) in [5.74, 6) is -0.257. The largest absolute Gasteiger partial charge is 0.474 e. The molecule has 6 heterocycles. The number of nitrogens with one attached hydrogen (secondary N) is 3. The molecule has 0 radical (unpaired) electrons. The molecule has 1 spiro atoms. The highest BCUT2D eigenvalue weighted by molar-refractivity contribution is 7.90. The number of piperazine rings is 1. The zero-order chi connectivity index (χ0) is 47.5. The molecule has 2 aliphatic carbocycles. The van der Waals surface area contributed by atoms with E-state index in [-0.39, 0.29) is 46.9 Å². The number of benzene rings is 2. The van der Waals surface area contributed by atoms with Crippen molar-refractivity contribution in [1.29, 1.82) is 0 Å². The number of piperidine rings is 1. The third-order valence-corrected chi connectivity index (χ3v) is 16.7. The number of nitrogens with zero attached hydrogens (tertiary/aromatic N) is 6. The van der Waals surface area contributed by atoms with Gasteiger partial charge < -0.3 is 34.7 Å². The number of fused-ring (bicyclic) bond motifs is 2. The van der Waals surface area contributed by atoms with Gasteiger partial charge in [0.25, 0.3) is 15.9 Å². The summed E-state index contributed by atoms with van der Waals surface area (Å²) in [4.78, 5) is 45.0. The first-order chi connectivity index (χ1) is 32.5. The molecule has 3 aliphatic heterocycles. The van der Waals surface area contributed by atoms with E-state index in [1.54, 1.807) is 37.4 Å². The predicted octanol–water partition coefficient (Wildman–Crippen LogP) is 7.75. The van der Waals surface area contributed by atoms with Crippen LogP contribution in [0.4, 0.5) is 17.1 Å². The average molecular weight is 948 g/mol. The highest BCUT2D eigenvalue weighted by Gasteiger charge is 2.50. The minimum Gasteiger partial charge on any atom is -0.474 e. The van der Waals surface area contributed by atoms with Crippen LogP contribution >= 0.6 is 0 Å². The molecule has 0 unspecified atom stereocenters. The number of nitro groups is 1. The normalized spacial score (nSPS) is 24.5. The van der Waals surface area contributed by atoms with Crippen molar-refractivity contribution in [3.8, 4) is 17.4 Å². The van der Waals surface area contributed by atoms with Crippen LogP contribution < -0.4 is 24.4 Å². The summed E-state index contributed by atoms with van der Waals surface area (Å²) in [7, 11) is -2.55. The van der Waals surface area contributed by atoms with Gasteiger partial charge in [-0.05, 0) is 118 Å². The number of carbonyl (C=O) groups excluding carboxylic acids is 1. The lowest BCUT2D eigenvalue weighted by atomic mass is 9.59. The predicted molar refractivity (Wildman–Crippen MR) is 258 cm³/mol. The second-order valence-electron chi connectivity index (χ2n) is 20.5. The minimum atomic E-state index is -4.78. The fourth-order valence-corrected chi connectivity index (χ4v) is 12.4. The molecule has 5 aromatic rings. The first-order valence-electron chi connectivity index (χ1n) is 24.0. The number of H-pyrrole nitrogens is 1. The first kappa shape index (κ1) is 45.9. The van der Waals surface area contributed by atoms with E-state index in [2.05, 4.69) is 84.9 Å². The third-order valence-electron chi connectivity index (χ3n) is 15.5. The molecular formula is C50H61N9O8S. The number of aromatic amines is 1. The molecule has 2 saturated carbocycles. The van der Waals surface area contributed by atoms with Crippen molar-refractivity contribution in [2.75, 3.05) is 56.6 Å². The van der Waals surface area contributed by atoms with Gasteiger partial charge in [-0.3, -0.25) is 19.8 Å². The summed E-state index contributed by atoms with van der Waals surface area (Å²) in [6.45, 7) is 11.2. The first-order valence-corrected chi connectivity index (χ1v) is 25.4. The number of hydrogen-bond donors (Lipinski definition) is 4. The molecule has 0 bridgehead atoms. The molecule has 10 rings (SSSR count). The zero-order valence-electron chi connectivity index (χ0n) is 39.1. The Balaban J connectivity index is 0.857. The average Bonchev–Trinajstić information content (AvgIpc) is 3.78. The Morgan fingerprint density at radius 3 is 2.54 bits per heavy atom. The Kier molecular flexibility index (Phi) is 12.1. The number of amides is 1. The second-order valence-corrected chi connectivity index (χ2v) is 22.1. The van der Waals surface area contributed by atoms with Crippen molar-refractivity contribution in [2.24, 2.45) is 11.3 Å². The molecule has 2 saturated heterocycles. The lowest BCUT2D eigenvalue weighted by molar-refractivity contribution is -0.384. The van der Waals surface area contributed by atoms with Crippen LogP contribution in [-0.2, 0) is 10.0 Å². The minimum absolute atomic E-state index is 0.0270. The molecule has 5 aliphatic rings. The van der Waals surface area contributed by atoms with E-state index >= 15 is 0 Å². The number of sulfonamides is 1. The smallest absolute Gasteiger partial charge is 0.300 e. The fourth-order valence-electron chi connectivity index (χ4n) is 11.4. The van der Waals surface area contributed by atoms with E-state index in [0.717, 1.165) is 62.7 Å². The summed E-state index contributed by atoms with van der Waals surface area (Å²) in [6, 6.07) is 19.1. The summed E-state index contributed by atoms with van der Waals surface area (Å²) < 4.78 is 42.2. The van der Waals surface area contributed by atoms with Crippen molar-refractivity contribution in [1.82, 2.24) is 29.5 Å². The number of aliphatic hydroxyl groups is 1. The van der Waals surface area contributed by atoms with Crippen molar-refractivity contribution < 1.29 is 32.7 Å². The molecule has 68 heavy (non-hydrogen) atoms. The number of rotatable bonds is 11. The molecule has 2 atom stereocenters. The van der Waals surface area contributed by atoms with Crippen LogP contribution in [-0.4, -0.2) is 113 Å². The van der Waals surface area contributed by atoms with Crippen LogP contribution in [0.2, 0.25) is 0 Å². The number of carbonyl (C=O) groups is 1. The highest BCUT2D eigenvalue weighted by Crippen LogP contribution is 2.53. The Labute approximate surface area is 396 Å². The maximum atomic E-state index is 14.1. The monoisotopic (exact) mass is 947 g/mol. The number of hydrogen-bond acceptors (Lipinski definition) is 14. The van der Waals surface area contributed by atoms with Gasteiger partial charge in [-0.2, -0.15) is 13.4 Å². The fraction of sp³-hybridized carbons (Fsp3) is 0.500. The maximum Gasteiger partial charge on any atom is 0.300 e. The van der Waals surface area contributed by atoms with Crippen LogP contribution in [0.15, 0.2) is 78.1 Å². The van der Waals surface area contributed by atoms with Gasteiger partial charge in [0.05, 0.1) is 34.4 Å². The lowest BCUT2D eigenvalue weighted by Gasteiger charge is -2.58. The van der Waals surface area contributed by atoms with Crippen LogP contribution in [0.3, 0.4) is 0 Å². The summed E-state index contributed by atoms with van der Waals surface area (Å²) in [5, 5.41) is 26.0. The van der Waals surface area contributed by atoms with Crippen molar-refractivity contribution >= 4 is 44.0 Å². The summed E-state index contributed by atoms with van der Waals surface area (Å²) >= 11 is 0. The zero-order valence-corrected chi connectivity index (χ0v) is 39.9. The Morgan fingerprint density at radius 1 is 1.03 bits per heavy atom. The van der Waals surface area contributed by atoms with Gasteiger partial charge in [-0.25, -0.2) is 9.71 Å². The molecule has 17 nitrogen and oxygen atoms in total. The highest BCUT2D eigenvalue weighted by atomic mass is 32.2. The Bertz CT molecular complexity index is 2830.